The molecule has 2 aromatic carbocycles. The summed E-state index contributed by atoms with van der Waals surface area (Å²) < 4.78 is 10.3. The van der Waals surface area contributed by atoms with Gasteiger partial charge in [0.2, 0.25) is 0 Å². The van der Waals surface area contributed by atoms with E-state index in [-0.39, 0.29) is 0 Å². The van der Waals surface area contributed by atoms with Crippen molar-refractivity contribution in [2.75, 3.05) is 14.2 Å². The van der Waals surface area contributed by atoms with Crippen LogP contribution in [0.3, 0.4) is 0 Å². The Hall–Kier alpha value is -2.55. The van der Waals surface area contributed by atoms with Crippen molar-refractivity contribution in [1.82, 2.24) is 0 Å². The van der Waals surface area contributed by atoms with Gasteiger partial charge in [-0.25, -0.2) is 0 Å². The highest BCUT2D eigenvalue weighted by molar-refractivity contribution is 5.87. The van der Waals surface area contributed by atoms with Gasteiger partial charge in [-0.15, -0.1) is 0 Å². The largest absolute Gasteiger partial charge is 0.497 e. The molecule has 3 heteroatoms. The van der Waals surface area contributed by atoms with Gasteiger partial charge in [-0.2, -0.15) is 0 Å². The highest BCUT2D eigenvalue weighted by Gasteiger charge is 1.99. The number of methoxy groups -OCH3 is 2. The van der Waals surface area contributed by atoms with Crippen molar-refractivity contribution >= 4 is 18.0 Å². The Kier molecular flexibility index (Phi) is 4.56. The molecule has 0 saturated carbocycles. The van der Waals surface area contributed by atoms with Crippen molar-refractivity contribution in [3.8, 4) is 11.5 Å². The summed E-state index contributed by atoms with van der Waals surface area (Å²) in [7, 11) is 3.29. The molecule has 0 aromatic heterocycles. The predicted octanol–water partition coefficient (Wildman–Crippen LogP) is 4.10. The van der Waals surface area contributed by atoms with Gasteiger partial charge in [0.05, 0.1) is 19.9 Å². The Balaban J connectivity index is 2.23. The van der Waals surface area contributed by atoms with Gasteiger partial charge in [-0.05, 0) is 48.0 Å². The average Bonchev–Trinajstić information content (AvgIpc) is 2.53. The number of hydrogen-bond acceptors (Lipinski definition) is 3. The SMILES string of the molecule is C=Cc1cc(OC)ccc1/C=N/c1ccc(OC)cc1. The van der Waals surface area contributed by atoms with E-state index in [1.165, 1.54) is 0 Å². The molecular weight excluding hydrogens is 250 g/mol. The van der Waals surface area contributed by atoms with E-state index >= 15 is 0 Å². The van der Waals surface area contributed by atoms with Crippen LogP contribution >= 0.6 is 0 Å². The quantitative estimate of drug-likeness (QED) is 0.764. The van der Waals surface area contributed by atoms with Crippen molar-refractivity contribution in [3.63, 3.8) is 0 Å². The van der Waals surface area contributed by atoms with Crippen LogP contribution in [0.25, 0.3) is 6.08 Å². The molecular formula is C17H17NO2. The summed E-state index contributed by atoms with van der Waals surface area (Å²) in [6.07, 6.45) is 3.61. The van der Waals surface area contributed by atoms with Gasteiger partial charge in [0, 0.05) is 11.8 Å². The number of rotatable bonds is 5. The number of ether oxygens (including phenoxy) is 2. The first-order valence-electron chi connectivity index (χ1n) is 6.25. The molecule has 0 amide bonds. The lowest BCUT2D eigenvalue weighted by atomic mass is 10.1. The van der Waals surface area contributed by atoms with Gasteiger partial charge in [0.25, 0.3) is 0 Å². The normalized spacial score (nSPS) is 10.5. The minimum absolute atomic E-state index is 0.807. The minimum atomic E-state index is 0.807. The zero-order chi connectivity index (χ0) is 14.4. The molecule has 2 aromatic rings. The van der Waals surface area contributed by atoms with E-state index < -0.39 is 0 Å². The van der Waals surface area contributed by atoms with Gasteiger partial charge in [-0.1, -0.05) is 12.7 Å². The Morgan fingerprint density at radius 1 is 0.900 bits per heavy atom. The Labute approximate surface area is 119 Å². The van der Waals surface area contributed by atoms with E-state index in [4.69, 9.17) is 9.47 Å². The molecule has 102 valence electrons. The van der Waals surface area contributed by atoms with Crippen LogP contribution in [-0.4, -0.2) is 20.4 Å². The van der Waals surface area contributed by atoms with Crippen LogP contribution < -0.4 is 9.47 Å². The molecule has 0 aliphatic rings. The lowest BCUT2D eigenvalue weighted by Crippen LogP contribution is -1.89. The fourth-order valence-corrected chi connectivity index (χ4v) is 1.79. The third kappa shape index (κ3) is 3.26. The molecule has 0 atom stereocenters. The van der Waals surface area contributed by atoms with E-state index in [1.54, 1.807) is 20.3 Å². The van der Waals surface area contributed by atoms with E-state index in [0.29, 0.717) is 0 Å². The first-order chi connectivity index (χ1) is 9.76. The Morgan fingerprint density at radius 2 is 1.55 bits per heavy atom. The lowest BCUT2D eigenvalue weighted by Gasteiger charge is -2.04. The third-order valence-electron chi connectivity index (χ3n) is 2.94. The van der Waals surface area contributed by atoms with Crippen LogP contribution in [0.15, 0.2) is 54.0 Å². The van der Waals surface area contributed by atoms with Gasteiger partial charge < -0.3 is 9.47 Å². The molecule has 0 radical (unpaired) electrons. The van der Waals surface area contributed by atoms with Gasteiger partial charge in [0.15, 0.2) is 0 Å². The molecule has 0 fully saturated rings. The number of nitrogens with zero attached hydrogens (tertiary/aromatic N) is 1. The minimum Gasteiger partial charge on any atom is -0.497 e. The second kappa shape index (κ2) is 6.57. The summed E-state index contributed by atoms with van der Waals surface area (Å²) in [5.41, 5.74) is 2.86. The smallest absolute Gasteiger partial charge is 0.119 e. The highest BCUT2D eigenvalue weighted by atomic mass is 16.5. The molecule has 0 unspecified atom stereocenters. The van der Waals surface area contributed by atoms with Gasteiger partial charge in [0.1, 0.15) is 11.5 Å². The van der Waals surface area contributed by atoms with Crippen LogP contribution in [0.2, 0.25) is 0 Å². The molecule has 0 spiro atoms. The van der Waals surface area contributed by atoms with Crippen LogP contribution in [-0.2, 0) is 0 Å². The second-order valence-electron chi connectivity index (χ2n) is 4.16. The first-order valence-corrected chi connectivity index (χ1v) is 6.25. The summed E-state index contributed by atoms with van der Waals surface area (Å²) in [6.45, 7) is 3.81. The predicted molar refractivity (Wildman–Crippen MR) is 83.3 cm³/mol. The lowest BCUT2D eigenvalue weighted by molar-refractivity contribution is 0.414. The van der Waals surface area contributed by atoms with Crippen LogP contribution in [0.4, 0.5) is 5.69 Å². The van der Waals surface area contributed by atoms with Crippen molar-refractivity contribution in [2.45, 2.75) is 0 Å². The van der Waals surface area contributed by atoms with Crippen molar-refractivity contribution < 1.29 is 9.47 Å². The molecule has 0 aliphatic carbocycles. The maximum atomic E-state index is 5.19. The molecule has 3 nitrogen and oxygen atoms in total. The molecule has 0 saturated heterocycles. The van der Waals surface area contributed by atoms with Crippen molar-refractivity contribution in [1.29, 1.82) is 0 Å². The standard InChI is InChI=1S/C17H17NO2/c1-4-13-11-17(20-3)8-5-14(13)12-18-15-6-9-16(19-2)10-7-15/h4-12H,1H2,2-3H3/b18-12+. The first kappa shape index (κ1) is 13.9. The molecule has 0 bridgehead atoms. The number of benzene rings is 2. The molecule has 0 heterocycles. The summed E-state index contributed by atoms with van der Waals surface area (Å²) in [5.74, 6) is 1.63. The summed E-state index contributed by atoms with van der Waals surface area (Å²) in [5, 5.41) is 0. The summed E-state index contributed by atoms with van der Waals surface area (Å²) in [6, 6.07) is 13.4. The highest BCUT2D eigenvalue weighted by Crippen LogP contribution is 2.20. The number of aliphatic imine (C=N–C) groups is 1. The van der Waals surface area contributed by atoms with Crippen molar-refractivity contribution in [3.05, 3.63) is 60.2 Å². The zero-order valence-corrected chi connectivity index (χ0v) is 11.7. The summed E-state index contributed by atoms with van der Waals surface area (Å²) in [4.78, 5) is 4.45. The molecule has 2 rings (SSSR count). The maximum absolute atomic E-state index is 5.19. The van der Waals surface area contributed by atoms with E-state index in [9.17, 15) is 0 Å². The van der Waals surface area contributed by atoms with Crippen LogP contribution in [0.1, 0.15) is 11.1 Å². The Morgan fingerprint density at radius 3 is 2.15 bits per heavy atom. The van der Waals surface area contributed by atoms with Gasteiger partial charge >= 0.3 is 0 Å². The third-order valence-corrected chi connectivity index (χ3v) is 2.94. The summed E-state index contributed by atoms with van der Waals surface area (Å²) >= 11 is 0. The molecule has 20 heavy (non-hydrogen) atoms. The average molecular weight is 267 g/mol. The Bertz CT molecular complexity index is 615. The fourth-order valence-electron chi connectivity index (χ4n) is 1.79. The van der Waals surface area contributed by atoms with Crippen LogP contribution in [0.5, 0.6) is 11.5 Å². The van der Waals surface area contributed by atoms with E-state index in [0.717, 1.165) is 28.3 Å². The molecule has 0 aliphatic heterocycles. The van der Waals surface area contributed by atoms with E-state index in [2.05, 4.69) is 11.6 Å². The topological polar surface area (TPSA) is 30.8 Å². The second-order valence-corrected chi connectivity index (χ2v) is 4.16. The maximum Gasteiger partial charge on any atom is 0.119 e. The van der Waals surface area contributed by atoms with Gasteiger partial charge in [-0.3, -0.25) is 4.99 Å². The zero-order valence-electron chi connectivity index (χ0n) is 11.7. The fraction of sp³-hybridized carbons (Fsp3) is 0.118. The van der Waals surface area contributed by atoms with Crippen molar-refractivity contribution in [2.24, 2.45) is 4.99 Å². The monoisotopic (exact) mass is 267 g/mol. The van der Waals surface area contributed by atoms with Crippen LogP contribution in [0, 0.1) is 0 Å². The van der Waals surface area contributed by atoms with E-state index in [1.807, 2.05) is 48.7 Å². The number of hydrogen-bond donors (Lipinski definition) is 0. The molecule has 0 N–H and O–H groups in total.